The smallest absolute Gasteiger partial charge is 0.321 e. The van der Waals surface area contributed by atoms with Crippen molar-refractivity contribution in [3.63, 3.8) is 0 Å². The Balaban J connectivity index is 1.32. The van der Waals surface area contributed by atoms with Gasteiger partial charge in [0.05, 0.1) is 11.3 Å². The first-order chi connectivity index (χ1) is 17.2. The van der Waals surface area contributed by atoms with E-state index < -0.39 is 0 Å². The van der Waals surface area contributed by atoms with Crippen LogP contribution in [0.15, 0.2) is 91.1 Å². The quantitative estimate of drug-likeness (QED) is 0.416. The van der Waals surface area contributed by atoms with Crippen molar-refractivity contribution in [3.8, 4) is 16.9 Å². The normalized spacial score (nSPS) is 13.0. The summed E-state index contributed by atoms with van der Waals surface area (Å²) in [6, 6.07) is 26.9. The van der Waals surface area contributed by atoms with Crippen LogP contribution < -0.4 is 10.6 Å². The summed E-state index contributed by atoms with van der Waals surface area (Å²) < 4.78 is 1.73. The summed E-state index contributed by atoms with van der Waals surface area (Å²) in [4.78, 5) is 27.5. The molecule has 176 valence electrons. The van der Waals surface area contributed by atoms with Gasteiger partial charge >= 0.3 is 6.03 Å². The van der Waals surface area contributed by atoms with E-state index in [9.17, 15) is 9.59 Å². The van der Waals surface area contributed by atoms with Gasteiger partial charge in [0.15, 0.2) is 0 Å². The number of urea groups is 1. The zero-order valence-corrected chi connectivity index (χ0v) is 19.4. The Morgan fingerprint density at radius 2 is 1.57 bits per heavy atom. The second kappa shape index (κ2) is 10.3. The van der Waals surface area contributed by atoms with Gasteiger partial charge in [0.2, 0.25) is 0 Å². The van der Waals surface area contributed by atoms with Gasteiger partial charge in [-0.15, -0.1) is 0 Å². The first-order valence-electron chi connectivity index (χ1n) is 11.8. The third-order valence-electron chi connectivity index (χ3n) is 6.05. The minimum atomic E-state index is -0.211. The van der Waals surface area contributed by atoms with E-state index in [0.717, 1.165) is 48.4 Å². The lowest BCUT2D eigenvalue weighted by Crippen LogP contribution is -2.32. The van der Waals surface area contributed by atoms with Gasteiger partial charge in [-0.05, 0) is 42.7 Å². The van der Waals surface area contributed by atoms with Crippen LogP contribution in [-0.2, 0) is 6.54 Å². The lowest BCUT2D eigenvalue weighted by molar-refractivity contribution is 0.0951. The Labute approximate surface area is 204 Å². The van der Waals surface area contributed by atoms with Crippen LogP contribution in [0.25, 0.3) is 16.9 Å². The predicted octanol–water partition coefficient (Wildman–Crippen LogP) is 5.10. The number of para-hydroxylation sites is 1. The molecule has 3 amide bonds. The van der Waals surface area contributed by atoms with Gasteiger partial charge in [-0.3, -0.25) is 4.79 Å². The highest BCUT2D eigenvalue weighted by molar-refractivity contribution is 6.00. The fourth-order valence-corrected chi connectivity index (χ4v) is 4.22. The van der Waals surface area contributed by atoms with E-state index in [4.69, 9.17) is 5.10 Å². The molecule has 1 fully saturated rings. The van der Waals surface area contributed by atoms with E-state index in [0.29, 0.717) is 17.8 Å². The molecule has 7 heteroatoms. The van der Waals surface area contributed by atoms with E-state index in [1.165, 1.54) is 0 Å². The highest BCUT2D eigenvalue weighted by Gasteiger charge is 2.19. The maximum Gasteiger partial charge on any atom is 0.321 e. The molecule has 5 rings (SSSR count). The molecule has 3 aromatic carbocycles. The number of nitrogens with one attached hydrogen (secondary N) is 2. The van der Waals surface area contributed by atoms with Gasteiger partial charge in [-0.1, -0.05) is 60.7 Å². The molecule has 0 atom stereocenters. The molecular weight excluding hydrogens is 438 g/mol. The third-order valence-corrected chi connectivity index (χ3v) is 6.05. The average Bonchev–Trinajstić information content (AvgIpc) is 3.60. The zero-order chi connectivity index (χ0) is 24.0. The summed E-state index contributed by atoms with van der Waals surface area (Å²) in [7, 11) is 0. The van der Waals surface area contributed by atoms with Crippen molar-refractivity contribution in [3.05, 3.63) is 102 Å². The van der Waals surface area contributed by atoms with Crippen LogP contribution in [0, 0.1) is 0 Å². The Hall–Kier alpha value is -4.39. The number of rotatable bonds is 6. The minimum Gasteiger partial charge on any atom is -0.348 e. The molecule has 2 heterocycles. The van der Waals surface area contributed by atoms with Crippen LogP contribution in [0.1, 0.15) is 28.8 Å². The molecule has 4 aromatic rings. The molecule has 1 aliphatic rings. The molecule has 35 heavy (non-hydrogen) atoms. The van der Waals surface area contributed by atoms with Crippen LogP contribution in [0.4, 0.5) is 10.5 Å². The molecule has 0 radical (unpaired) electrons. The molecule has 0 spiro atoms. The van der Waals surface area contributed by atoms with Gasteiger partial charge < -0.3 is 15.5 Å². The Morgan fingerprint density at radius 1 is 0.857 bits per heavy atom. The van der Waals surface area contributed by atoms with Crippen molar-refractivity contribution >= 4 is 17.6 Å². The third kappa shape index (κ3) is 5.24. The Morgan fingerprint density at radius 3 is 2.31 bits per heavy atom. The number of anilines is 1. The highest BCUT2D eigenvalue weighted by atomic mass is 16.2. The van der Waals surface area contributed by atoms with E-state index >= 15 is 0 Å². The number of carbonyl (C=O) groups is 2. The number of amides is 3. The number of hydrogen-bond donors (Lipinski definition) is 2. The number of hydrogen-bond acceptors (Lipinski definition) is 3. The van der Waals surface area contributed by atoms with E-state index in [2.05, 4.69) is 10.6 Å². The number of likely N-dealkylation sites (tertiary alicyclic amines) is 1. The summed E-state index contributed by atoms with van der Waals surface area (Å²) in [5.74, 6) is -0.211. The molecule has 7 nitrogen and oxygen atoms in total. The van der Waals surface area contributed by atoms with Crippen LogP contribution in [0.2, 0.25) is 0 Å². The molecule has 1 aliphatic heterocycles. The topological polar surface area (TPSA) is 79.3 Å². The number of carbonyl (C=O) groups excluding carboxylic acids is 2. The van der Waals surface area contributed by atoms with Crippen molar-refractivity contribution in [1.29, 1.82) is 0 Å². The average molecular weight is 466 g/mol. The van der Waals surface area contributed by atoms with E-state index in [1.54, 1.807) is 10.9 Å². The van der Waals surface area contributed by atoms with Gasteiger partial charge in [-0.25, -0.2) is 9.48 Å². The van der Waals surface area contributed by atoms with Crippen molar-refractivity contribution in [2.75, 3.05) is 18.4 Å². The fraction of sp³-hybridized carbons (Fsp3) is 0.179. The summed E-state index contributed by atoms with van der Waals surface area (Å²) >= 11 is 0. The molecule has 0 aliphatic carbocycles. The summed E-state index contributed by atoms with van der Waals surface area (Å²) in [6.07, 6.45) is 3.86. The van der Waals surface area contributed by atoms with Crippen LogP contribution in [-0.4, -0.2) is 39.7 Å². The van der Waals surface area contributed by atoms with Gasteiger partial charge in [0.1, 0.15) is 5.69 Å². The Bertz CT molecular complexity index is 1310. The van der Waals surface area contributed by atoms with E-state index in [-0.39, 0.29) is 11.9 Å². The summed E-state index contributed by atoms with van der Waals surface area (Å²) in [5, 5.41) is 10.7. The predicted molar refractivity (Wildman–Crippen MR) is 136 cm³/mol. The van der Waals surface area contributed by atoms with Crippen LogP contribution in [0.3, 0.4) is 0 Å². The van der Waals surface area contributed by atoms with E-state index in [1.807, 2.05) is 89.8 Å². The molecule has 1 aromatic heterocycles. The van der Waals surface area contributed by atoms with Crippen molar-refractivity contribution < 1.29 is 9.59 Å². The molecule has 0 saturated carbocycles. The van der Waals surface area contributed by atoms with Gasteiger partial charge in [-0.2, -0.15) is 5.10 Å². The van der Waals surface area contributed by atoms with Crippen molar-refractivity contribution in [2.45, 2.75) is 19.4 Å². The monoisotopic (exact) mass is 465 g/mol. The standard InChI is InChI=1S/C28H27N5O2/c34-27(29-19-21-10-9-13-23(18-21)30-28(35)32-16-7-8-17-32)25-20-33(24-14-5-2-6-15-24)31-26(25)22-11-3-1-4-12-22/h1-6,9-15,18,20H,7-8,16-17,19H2,(H,29,34)(H,30,35). The second-order valence-electron chi connectivity index (χ2n) is 8.54. The Kier molecular flexibility index (Phi) is 6.57. The molecule has 2 N–H and O–H groups in total. The molecule has 1 saturated heterocycles. The maximum atomic E-state index is 13.3. The highest BCUT2D eigenvalue weighted by Crippen LogP contribution is 2.24. The number of benzene rings is 3. The number of aromatic nitrogens is 2. The van der Waals surface area contributed by atoms with Crippen LogP contribution in [0.5, 0.6) is 0 Å². The van der Waals surface area contributed by atoms with Crippen molar-refractivity contribution in [1.82, 2.24) is 20.0 Å². The van der Waals surface area contributed by atoms with Gasteiger partial charge in [0, 0.05) is 37.1 Å². The largest absolute Gasteiger partial charge is 0.348 e. The minimum absolute atomic E-state index is 0.0792. The van der Waals surface area contributed by atoms with Crippen molar-refractivity contribution in [2.24, 2.45) is 0 Å². The lowest BCUT2D eigenvalue weighted by atomic mass is 10.1. The lowest BCUT2D eigenvalue weighted by Gasteiger charge is -2.16. The van der Waals surface area contributed by atoms with Gasteiger partial charge in [0.25, 0.3) is 5.91 Å². The molecule has 0 bridgehead atoms. The molecule has 0 unspecified atom stereocenters. The molecular formula is C28H27N5O2. The number of nitrogens with zero attached hydrogens (tertiary/aromatic N) is 3. The maximum absolute atomic E-state index is 13.3. The zero-order valence-electron chi connectivity index (χ0n) is 19.4. The second-order valence-corrected chi connectivity index (χ2v) is 8.54. The summed E-state index contributed by atoms with van der Waals surface area (Å²) in [6.45, 7) is 1.92. The SMILES string of the molecule is O=C(NCc1cccc(NC(=O)N2CCCC2)c1)c1cn(-c2ccccc2)nc1-c1ccccc1. The first-order valence-corrected chi connectivity index (χ1v) is 11.8. The summed E-state index contributed by atoms with van der Waals surface area (Å²) in [5.41, 5.74) is 4.49. The fourth-order valence-electron chi connectivity index (χ4n) is 4.22. The van der Waals surface area contributed by atoms with Crippen LogP contribution >= 0.6 is 0 Å². The first kappa shape index (κ1) is 22.4.